The Morgan fingerprint density at radius 3 is 1.86 bits per heavy atom. The lowest BCUT2D eigenvalue weighted by molar-refractivity contribution is 0.669. The van der Waals surface area contributed by atoms with Crippen LogP contribution < -0.4 is 0 Å². The summed E-state index contributed by atoms with van der Waals surface area (Å²) in [6.07, 6.45) is 0. The highest BCUT2D eigenvalue weighted by Crippen LogP contribution is 2.44. The van der Waals surface area contributed by atoms with Gasteiger partial charge in [-0.1, -0.05) is 140 Å². The van der Waals surface area contributed by atoms with Gasteiger partial charge in [0, 0.05) is 54.3 Å². The Labute approximate surface area is 337 Å². The third-order valence-corrected chi connectivity index (χ3v) is 12.1. The zero-order chi connectivity index (χ0) is 38.6. The van der Waals surface area contributed by atoms with Gasteiger partial charge in [-0.15, -0.1) is 0 Å². The summed E-state index contributed by atoms with van der Waals surface area (Å²) >= 11 is 0. The van der Waals surface area contributed by atoms with E-state index in [1.807, 2.05) is 12.1 Å². The maximum Gasteiger partial charge on any atom is 0.235 e. The van der Waals surface area contributed by atoms with E-state index in [1.165, 1.54) is 27.3 Å². The lowest BCUT2D eigenvalue weighted by Gasteiger charge is -2.13. The summed E-state index contributed by atoms with van der Waals surface area (Å²) in [5, 5.41) is 10.3. The number of hydrogen-bond donors (Lipinski definition) is 0. The van der Waals surface area contributed by atoms with Crippen molar-refractivity contribution in [3.8, 4) is 34.0 Å². The van der Waals surface area contributed by atoms with Crippen molar-refractivity contribution >= 4 is 87.2 Å². The van der Waals surface area contributed by atoms with Crippen LogP contribution in [0.4, 0.5) is 0 Å². The fourth-order valence-corrected chi connectivity index (χ4v) is 9.50. The van der Waals surface area contributed by atoms with Gasteiger partial charge in [-0.3, -0.25) is 4.57 Å². The zero-order valence-corrected chi connectivity index (χ0v) is 31.7. The molecule has 13 aromatic rings. The van der Waals surface area contributed by atoms with Crippen molar-refractivity contribution in [1.29, 1.82) is 0 Å². The quantitative estimate of drug-likeness (QED) is 0.180. The minimum atomic E-state index is 0.624. The van der Waals surface area contributed by atoms with E-state index >= 15 is 0 Å². The van der Waals surface area contributed by atoms with Crippen molar-refractivity contribution in [1.82, 2.24) is 19.1 Å². The van der Waals surface area contributed by atoms with Crippen molar-refractivity contribution in [2.45, 2.75) is 0 Å². The van der Waals surface area contributed by atoms with E-state index in [4.69, 9.17) is 14.4 Å². The van der Waals surface area contributed by atoms with Crippen LogP contribution in [0.1, 0.15) is 0 Å². The van der Waals surface area contributed by atoms with E-state index in [1.54, 1.807) is 0 Å². The van der Waals surface area contributed by atoms with E-state index in [0.29, 0.717) is 5.95 Å². The van der Waals surface area contributed by atoms with Gasteiger partial charge in [-0.05, 0) is 71.1 Å². The summed E-state index contributed by atoms with van der Waals surface area (Å²) in [6.45, 7) is 0. The molecule has 5 heteroatoms. The van der Waals surface area contributed by atoms with Gasteiger partial charge in [0.25, 0.3) is 0 Å². The zero-order valence-electron chi connectivity index (χ0n) is 31.7. The number of aromatic nitrogens is 4. The molecule has 0 fully saturated rings. The van der Waals surface area contributed by atoms with Crippen LogP contribution >= 0.6 is 0 Å². The first-order valence-electron chi connectivity index (χ1n) is 20.0. The number of rotatable bonds is 4. The van der Waals surface area contributed by atoms with Crippen molar-refractivity contribution < 1.29 is 4.42 Å². The van der Waals surface area contributed by atoms with Crippen molar-refractivity contribution in [3.63, 3.8) is 0 Å². The summed E-state index contributed by atoms with van der Waals surface area (Å²) in [7, 11) is 0. The highest BCUT2D eigenvalue weighted by atomic mass is 16.3. The molecule has 0 unspecified atom stereocenters. The lowest BCUT2D eigenvalue weighted by Crippen LogP contribution is -2.03. The van der Waals surface area contributed by atoms with Crippen LogP contribution in [0.3, 0.4) is 0 Å². The molecule has 0 atom stereocenters. The first kappa shape index (κ1) is 32.1. The molecule has 59 heavy (non-hydrogen) atoms. The van der Waals surface area contributed by atoms with Crippen LogP contribution in [0, 0.1) is 0 Å². The smallest absolute Gasteiger partial charge is 0.235 e. The second-order valence-electron chi connectivity index (χ2n) is 15.3. The number of para-hydroxylation sites is 3. The van der Waals surface area contributed by atoms with E-state index in [2.05, 4.69) is 191 Å². The number of hydrogen-bond acceptors (Lipinski definition) is 3. The third-order valence-electron chi connectivity index (χ3n) is 12.1. The average molecular weight is 753 g/mol. The molecule has 13 rings (SSSR count). The number of fused-ring (bicyclic) bond motifs is 13. The monoisotopic (exact) mass is 752 g/mol. The van der Waals surface area contributed by atoms with Crippen LogP contribution in [0.15, 0.2) is 199 Å². The van der Waals surface area contributed by atoms with Crippen LogP contribution in [-0.4, -0.2) is 19.1 Å². The predicted molar refractivity (Wildman–Crippen MR) is 244 cm³/mol. The molecule has 0 amide bonds. The fraction of sp³-hybridized carbons (Fsp3) is 0. The summed E-state index contributed by atoms with van der Waals surface area (Å²) in [5.74, 6) is 0.624. The van der Waals surface area contributed by atoms with Gasteiger partial charge in [0.2, 0.25) is 5.95 Å². The van der Waals surface area contributed by atoms with Crippen molar-refractivity contribution in [2.24, 2.45) is 0 Å². The van der Waals surface area contributed by atoms with E-state index in [0.717, 1.165) is 88.0 Å². The van der Waals surface area contributed by atoms with Crippen molar-refractivity contribution in [2.75, 3.05) is 0 Å². The highest BCUT2D eigenvalue weighted by Gasteiger charge is 2.24. The Balaban J connectivity index is 1.11. The molecule has 0 saturated carbocycles. The minimum Gasteiger partial charge on any atom is -0.456 e. The maximum absolute atomic E-state index is 6.38. The molecule has 4 heterocycles. The van der Waals surface area contributed by atoms with E-state index < -0.39 is 0 Å². The molecular formula is C54H32N4O. The van der Waals surface area contributed by atoms with Gasteiger partial charge < -0.3 is 8.98 Å². The summed E-state index contributed by atoms with van der Waals surface area (Å²) < 4.78 is 11.1. The molecule has 0 N–H and O–H groups in total. The molecule has 9 aromatic carbocycles. The molecule has 4 aromatic heterocycles. The van der Waals surface area contributed by atoms with E-state index in [-0.39, 0.29) is 0 Å². The molecule has 5 nitrogen and oxygen atoms in total. The first-order chi connectivity index (χ1) is 29.3. The van der Waals surface area contributed by atoms with E-state index in [9.17, 15) is 0 Å². The van der Waals surface area contributed by atoms with Gasteiger partial charge in [0.15, 0.2) is 0 Å². The maximum atomic E-state index is 6.38. The molecule has 0 aliphatic heterocycles. The second-order valence-corrected chi connectivity index (χ2v) is 15.3. The topological polar surface area (TPSA) is 48.8 Å². The van der Waals surface area contributed by atoms with Gasteiger partial charge in [0.1, 0.15) is 11.2 Å². The molecule has 0 aliphatic rings. The lowest BCUT2D eigenvalue weighted by atomic mass is 10.0. The van der Waals surface area contributed by atoms with Gasteiger partial charge in [-0.2, -0.15) is 0 Å². The minimum absolute atomic E-state index is 0.624. The summed E-state index contributed by atoms with van der Waals surface area (Å²) in [4.78, 5) is 10.9. The summed E-state index contributed by atoms with van der Waals surface area (Å²) in [5.41, 5.74) is 12.4. The molecule has 0 spiro atoms. The number of furan rings is 1. The van der Waals surface area contributed by atoms with Gasteiger partial charge in [-0.25, -0.2) is 9.97 Å². The standard InChI is InChI=1S/C54H32N4O/c1-2-12-33(13-3-1)34-22-26-37(27-23-34)57-45-20-10-7-18-42(45)50-46(57)30-31-47-51(50)43-29-24-35-14-4-5-15-38(35)53(43)58(47)54-55-44-19-9-6-17-41(44)52(56-54)36-25-28-40-39-16-8-11-21-48(39)59-49(40)32-36/h1-32H. The molecular weight excluding hydrogens is 721 g/mol. The molecule has 0 saturated heterocycles. The van der Waals surface area contributed by atoms with Crippen LogP contribution in [0.5, 0.6) is 0 Å². The number of nitrogens with zero attached hydrogens (tertiary/aromatic N) is 4. The SMILES string of the molecule is c1ccc(-c2ccc(-n3c4ccccc4c4c5c6ccc7ccccc7c6n(-c6nc(-c7ccc8c(c7)oc7ccccc78)c7ccccc7n6)c5ccc43)cc2)cc1. The Morgan fingerprint density at radius 1 is 0.373 bits per heavy atom. The average Bonchev–Trinajstić information content (AvgIpc) is 3.96. The molecule has 0 bridgehead atoms. The Bertz CT molecular complexity index is 3830. The normalized spacial score (nSPS) is 12.1. The van der Waals surface area contributed by atoms with Crippen LogP contribution in [0.2, 0.25) is 0 Å². The van der Waals surface area contributed by atoms with Gasteiger partial charge >= 0.3 is 0 Å². The molecule has 0 radical (unpaired) electrons. The molecule has 0 aliphatic carbocycles. The number of benzene rings is 9. The van der Waals surface area contributed by atoms with Crippen LogP contribution in [-0.2, 0) is 0 Å². The molecule has 274 valence electrons. The van der Waals surface area contributed by atoms with Gasteiger partial charge in [0.05, 0.1) is 33.3 Å². The predicted octanol–water partition coefficient (Wildman–Crippen LogP) is 14.2. The van der Waals surface area contributed by atoms with Crippen LogP contribution in [0.25, 0.3) is 121 Å². The Morgan fingerprint density at radius 2 is 1.00 bits per heavy atom. The van der Waals surface area contributed by atoms with Crippen molar-refractivity contribution in [3.05, 3.63) is 194 Å². The summed E-state index contributed by atoms with van der Waals surface area (Å²) in [6, 6.07) is 68.9. The Hall–Kier alpha value is -8.02. The highest BCUT2D eigenvalue weighted by molar-refractivity contribution is 6.31. The fourth-order valence-electron chi connectivity index (χ4n) is 9.50. The third kappa shape index (κ3) is 4.67. The largest absolute Gasteiger partial charge is 0.456 e. The Kier molecular flexibility index (Phi) is 6.66. The second kappa shape index (κ2) is 12.2. The first-order valence-corrected chi connectivity index (χ1v) is 20.0.